The second-order valence-corrected chi connectivity index (χ2v) is 4.32. The second-order valence-electron chi connectivity index (χ2n) is 3.29. The highest BCUT2D eigenvalue weighted by molar-refractivity contribution is 7.99. The fourth-order valence-electron chi connectivity index (χ4n) is 1.18. The highest BCUT2D eigenvalue weighted by Crippen LogP contribution is 2.26. The van der Waals surface area contributed by atoms with Crippen LogP contribution in [0.3, 0.4) is 0 Å². The molecule has 4 nitrogen and oxygen atoms in total. The van der Waals surface area contributed by atoms with E-state index in [1.807, 2.05) is 19.1 Å². The van der Waals surface area contributed by atoms with Crippen LogP contribution in [0, 0.1) is 12.3 Å². The summed E-state index contributed by atoms with van der Waals surface area (Å²) in [5.41, 5.74) is 6.94. The first-order valence-corrected chi connectivity index (χ1v) is 5.51. The minimum absolute atomic E-state index is 0.0727. The molecule has 0 bridgehead atoms. The lowest BCUT2D eigenvalue weighted by Crippen LogP contribution is -2.10. The van der Waals surface area contributed by atoms with E-state index in [1.165, 1.54) is 11.8 Å². The smallest absolute Gasteiger partial charge is 0.260 e. The van der Waals surface area contributed by atoms with Crippen LogP contribution in [0.25, 0.3) is 0 Å². The fraction of sp³-hybridized carbons (Fsp3) is 0.0909. The standard InChI is InChI=1S/C11H11N3OS/c1-7-6-15-11(14-7)16-9-4-2-8(3-5-9)10(12)13/h2-6H,1H3,(H3,12,13). The third-order valence-corrected chi connectivity index (χ3v) is 2.84. The monoisotopic (exact) mass is 233 g/mol. The lowest BCUT2D eigenvalue weighted by Gasteiger charge is -1.99. The van der Waals surface area contributed by atoms with E-state index in [-0.39, 0.29) is 5.84 Å². The van der Waals surface area contributed by atoms with Crippen LogP contribution in [0.1, 0.15) is 11.3 Å². The lowest BCUT2D eigenvalue weighted by atomic mass is 10.2. The number of nitrogens with two attached hydrogens (primary N) is 1. The Morgan fingerprint density at radius 2 is 2.06 bits per heavy atom. The number of amidine groups is 1. The number of nitrogens with zero attached hydrogens (tertiary/aromatic N) is 1. The molecule has 0 unspecified atom stereocenters. The van der Waals surface area contributed by atoms with Crippen molar-refractivity contribution in [3.63, 3.8) is 0 Å². The molecule has 1 aromatic carbocycles. The Morgan fingerprint density at radius 3 is 2.56 bits per heavy atom. The van der Waals surface area contributed by atoms with Crippen LogP contribution in [0.5, 0.6) is 0 Å². The van der Waals surface area contributed by atoms with Gasteiger partial charge in [-0.25, -0.2) is 4.98 Å². The zero-order chi connectivity index (χ0) is 11.5. The van der Waals surface area contributed by atoms with E-state index in [2.05, 4.69) is 4.98 Å². The number of nitrogens with one attached hydrogen (secondary N) is 1. The Bertz CT molecular complexity index is 504. The van der Waals surface area contributed by atoms with Crippen LogP contribution in [-0.2, 0) is 0 Å². The summed E-state index contributed by atoms with van der Waals surface area (Å²) < 4.78 is 5.23. The Balaban J connectivity index is 2.14. The maximum atomic E-state index is 7.27. The number of rotatable bonds is 3. The van der Waals surface area contributed by atoms with Crippen LogP contribution in [0.2, 0.25) is 0 Å². The minimum atomic E-state index is 0.0727. The highest BCUT2D eigenvalue weighted by atomic mass is 32.2. The summed E-state index contributed by atoms with van der Waals surface area (Å²) in [6.07, 6.45) is 1.62. The quantitative estimate of drug-likeness (QED) is 0.630. The van der Waals surface area contributed by atoms with Gasteiger partial charge in [0.15, 0.2) is 0 Å². The van der Waals surface area contributed by atoms with E-state index >= 15 is 0 Å². The van der Waals surface area contributed by atoms with E-state index in [9.17, 15) is 0 Å². The summed E-state index contributed by atoms with van der Waals surface area (Å²) in [6, 6.07) is 7.39. The van der Waals surface area contributed by atoms with Crippen molar-refractivity contribution in [1.82, 2.24) is 4.98 Å². The van der Waals surface area contributed by atoms with Crippen molar-refractivity contribution in [2.45, 2.75) is 17.0 Å². The molecule has 2 rings (SSSR count). The number of hydrogen-bond acceptors (Lipinski definition) is 4. The molecule has 2 aromatic rings. The molecular weight excluding hydrogens is 222 g/mol. The van der Waals surface area contributed by atoms with Crippen molar-refractivity contribution in [2.75, 3.05) is 0 Å². The third kappa shape index (κ3) is 2.43. The molecular formula is C11H11N3OS. The van der Waals surface area contributed by atoms with Gasteiger partial charge in [0.1, 0.15) is 12.1 Å². The van der Waals surface area contributed by atoms with Crippen molar-refractivity contribution in [3.8, 4) is 0 Å². The van der Waals surface area contributed by atoms with E-state index in [4.69, 9.17) is 15.6 Å². The maximum Gasteiger partial charge on any atom is 0.260 e. The van der Waals surface area contributed by atoms with E-state index in [1.54, 1.807) is 18.4 Å². The average Bonchev–Trinajstić information content (AvgIpc) is 2.65. The fourth-order valence-corrected chi connectivity index (χ4v) is 1.94. The van der Waals surface area contributed by atoms with Crippen molar-refractivity contribution < 1.29 is 4.42 Å². The summed E-state index contributed by atoms with van der Waals surface area (Å²) in [5.74, 6) is 0.0727. The van der Waals surface area contributed by atoms with E-state index < -0.39 is 0 Å². The number of oxazole rings is 1. The maximum absolute atomic E-state index is 7.27. The molecule has 0 saturated heterocycles. The summed E-state index contributed by atoms with van der Waals surface area (Å²) in [7, 11) is 0. The van der Waals surface area contributed by atoms with Crippen LogP contribution >= 0.6 is 11.8 Å². The summed E-state index contributed by atoms with van der Waals surface area (Å²) >= 11 is 1.44. The number of benzene rings is 1. The van der Waals surface area contributed by atoms with Gasteiger partial charge < -0.3 is 10.2 Å². The molecule has 0 atom stereocenters. The van der Waals surface area contributed by atoms with Crippen LogP contribution in [-0.4, -0.2) is 10.8 Å². The summed E-state index contributed by atoms with van der Waals surface area (Å²) in [4.78, 5) is 5.20. The molecule has 3 N–H and O–H groups in total. The SMILES string of the molecule is Cc1coc(Sc2ccc(C(=N)N)cc2)n1. The molecule has 0 aliphatic heterocycles. The van der Waals surface area contributed by atoms with Gasteiger partial charge in [-0.3, -0.25) is 5.41 Å². The molecule has 5 heteroatoms. The van der Waals surface area contributed by atoms with Gasteiger partial charge in [0.25, 0.3) is 5.22 Å². The van der Waals surface area contributed by atoms with Gasteiger partial charge >= 0.3 is 0 Å². The van der Waals surface area contributed by atoms with E-state index in [0.29, 0.717) is 10.8 Å². The van der Waals surface area contributed by atoms with Gasteiger partial charge in [0.2, 0.25) is 0 Å². The van der Waals surface area contributed by atoms with Gasteiger partial charge in [-0.1, -0.05) is 12.1 Å². The number of aryl methyl sites for hydroxylation is 1. The first kappa shape index (κ1) is 10.8. The molecule has 16 heavy (non-hydrogen) atoms. The molecule has 0 fully saturated rings. The summed E-state index contributed by atoms with van der Waals surface area (Å²) in [5, 5.41) is 7.89. The van der Waals surface area contributed by atoms with Gasteiger partial charge in [0, 0.05) is 10.5 Å². The normalized spacial score (nSPS) is 10.3. The van der Waals surface area contributed by atoms with Crippen molar-refractivity contribution in [1.29, 1.82) is 5.41 Å². The van der Waals surface area contributed by atoms with Crippen LogP contribution < -0.4 is 5.73 Å². The highest BCUT2D eigenvalue weighted by Gasteiger charge is 2.04. The molecule has 82 valence electrons. The van der Waals surface area contributed by atoms with E-state index in [0.717, 1.165) is 10.6 Å². The molecule has 0 saturated carbocycles. The molecule has 1 aromatic heterocycles. The molecule has 1 heterocycles. The Labute approximate surface area is 97.4 Å². The Kier molecular flexibility index (Phi) is 2.96. The Morgan fingerprint density at radius 1 is 1.38 bits per heavy atom. The van der Waals surface area contributed by atoms with Crippen molar-refractivity contribution in [2.24, 2.45) is 5.73 Å². The predicted molar refractivity (Wildman–Crippen MR) is 62.8 cm³/mol. The molecule has 0 aliphatic rings. The first-order chi connectivity index (χ1) is 7.65. The molecule has 0 spiro atoms. The van der Waals surface area contributed by atoms with Crippen molar-refractivity contribution in [3.05, 3.63) is 41.8 Å². The first-order valence-electron chi connectivity index (χ1n) is 4.69. The van der Waals surface area contributed by atoms with Crippen molar-refractivity contribution >= 4 is 17.6 Å². The largest absolute Gasteiger partial charge is 0.439 e. The molecule has 0 aliphatic carbocycles. The molecule has 0 amide bonds. The van der Waals surface area contributed by atoms with Gasteiger partial charge in [-0.05, 0) is 30.8 Å². The Hall–Kier alpha value is -1.75. The topological polar surface area (TPSA) is 75.9 Å². The zero-order valence-corrected chi connectivity index (χ0v) is 9.54. The van der Waals surface area contributed by atoms with Gasteiger partial charge in [0.05, 0.1) is 5.69 Å². The minimum Gasteiger partial charge on any atom is -0.439 e. The van der Waals surface area contributed by atoms with Crippen LogP contribution in [0.4, 0.5) is 0 Å². The lowest BCUT2D eigenvalue weighted by molar-refractivity contribution is 0.454. The number of hydrogen-bond donors (Lipinski definition) is 2. The number of aromatic nitrogens is 1. The van der Waals surface area contributed by atoms with Crippen LogP contribution in [0.15, 0.2) is 45.1 Å². The molecule has 0 radical (unpaired) electrons. The predicted octanol–water partition coefficient (Wildman–Crippen LogP) is 2.42. The zero-order valence-electron chi connectivity index (χ0n) is 8.73. The average molecular weight is 233 g/mol. The third-order valence-electron chi connectivity index (χ3n) is 1.97. The summed E-state index contributed by atoms with van der Waals surface area (Å²) in [6.45, 7) is 1.88. The van der Waals surface area contributed by atoms with Gasteiger partial charge in [-0.15, -0.1) is 0 Å². The van der Waals surface area contributed by atoms with Gasteiger partial charge in [-0.2, -0.15) is 0 Å². The number of nitrogen functional groups attached to an aromatic ring is 1. The second kappa shape index (κ2) is 4.40.